The summed E-state index contributed by atoms with van der Waals surface area (Å²) in [5, 5.41) is 3.89. The van der Waals surface area contributed by atoms with E-state index in [1.807, 2.05) is 13.0 Å². The number of fused-ring (bicyclic) bond motifs is 1. The van der Waals surface area contributed by atoms with Crippen molar-refractivity contribution < 1.29 is 9.53 Å². The van der Waals surface area contributed by atoms with Crippen LogP contribution >= 0.6 is 11.6 Å². The number of piperidine rings is 1. The van der Waals surface area contributed by atoms with Crippen LogP contribution in [-0.2, 0) is 9.53 Å². The number of rotatable bonds is 4. The molecule has 2 aliphatic heterocycles. The van der Waals surface area contributed by atoms with Crippen molar-refractivity contribution in [2.24, 2.45) is 5.92 Å². The summed E-state index contributed by atoms with van der Waals surface area (Å²) in [7, 11) is 0. The Hall–Kier alpha value is -2.57. The van der Waals surface area contributed by atoms with Gasteiger partial charge in [0.25, 0.3) is 0 Å². The lowest BCUT2D eigenvalue weighted by Gasteiger charge is -2.33. The largest absolute Gasteiger partial charge is 0.379 e. The van der Waals surface area contributed by atoms with E-state index in [0.29, 0.717) is 6.61 Å². The van der Waals surface area contributed by atoms with E-state index in [4.69, 9.17) is 21.3 Å². The molecule has 5 rings (SSSR count). The molecule has 1 amide bonds. The highest BCUT2D eigenvalue weighted by atomic mass is 35.5. The Bertz CT molecular complexity index is 1190. The number of aryl methyl sites for hydroxylation is 3. The Labute approximate surface area is 199 Å². The maximum absolute atomic E-state index is 12.8. The van der Waals surface area contributed by atoms with E-state index in [0.717, 1.165) is 72.2 Å². The summed E-state index contributed by atoms with van der Waals surface area (Å²) in [5.41, 5.74) is 6.59. The second-order valence-corrected chi connectivity index (χ2v) is 9.84. The van der Waals surface area contributed by atoms with Crippen molar-refractivity contribution in [1.29, 1.82) is 0 Å². The van der Waals surface area contributed by atoms with E-state index >= 15 is 0 Å². The molecule has 1 N–H and O–H groups in total. The predicted octanol–water partition coefficient (Wildman–Crippen LogP) is 4.73. The lowest BCUT2D eigenvalue weighted by molar-refractivity contribution is -0.126. The van der Waals surface area contributed by atoms with Crippen LogP contribution in [0.15, 0.2) is 30.3 Å². The van der Waals surface area contributed by atoms with Crippen molar-refractivity contribution in [3.63, 3.8) is 0 Å². The van der Waals surface area contributed by atoms with Gasteiger partial charge in [0.05, 0.1) is 23.7 Å². The first kappa shape index (κ1) is 22.2. The predicted molar refractivity (Wildman–Crippen MR) is 133 cm³/mol. The fourth-order valence-electron chi connectivity index (χ4n) is 4.83. The number of halogens is 1. The highest BCUT2D eigenvalue weighted by Gasteiger charge is 2.30. The summed E-state index contributed by atoms with van der Waals surface area (Å²) < 4.78 is 7.63. The molecule has 2 fully saturated rings. The normalized spacial score (nSPS) is 19.4. The van der Waals surface area contributed by atoms with Gasteiger partial charge < -0.3 is 15.0 Å². The zero-order chi connectivity index (χ0) is 23.1. The molecule has 33 heavy (non-hydrogen) atoms. The molecular formula is C26H31ClN4O2. The van der Waals surface area contributed by atoms with Crippen LogP contribution in [0.4, 0.5) is 5.95 Å². The average molecular weight is 467 g/mol. The number of benzene rings is 2. The van der Waals surface area contributed by atoms with Crippen molar-refractivity contribution in [1.82, 2.24) is 14.9 Å². The Kier molecular flexibility index (Phi) is 6.06. The molecule has 2 saturated heterocycles. The molecule has 1 aromatic heterocycles. The van der Waals surface area contributed by atoms with Crippen LogP contribution in [-0.4, -0.2) is 47.8 Å². The molecule has 1 atom stereocenters. The number of carbonyl (C=O) groups excluding carboxylic acids is 1. The van der Waals surface area contributed by atoms with Crippen molar-refractivity contribution in [2.75, 3.05) is 31.2 Å². The summed E-state index contributed by atoms with van der Waals surface area (Å²) in [6.45, 7) is 9.25. The Morgan fingerprint density at radius 3 is 2.55 bits per heavy atom. The number of hydrogen-bond acceptors (Lipinski definition) is 4. The number of amides is 1. The summed E-state index contributed by atoms with van der Waals surface area (Å²) in [6.07, 6.45) is 2.54. The van der Waals surface area contributed by atoms with Crippen LogP contribution in [0, 0.1) is 26.7 Å². The zero-order valence-electron chi connectivity index (χ0n) is 19.5. The van der Waals surface area contributed by atoms with Crippen LogP contribution < -0.4 is 10.2 Å². The summed E-state index contributed by atoms with van der Waals surface area (Å²) in [5.74, 6) is 1.12. The SMILES string of the molecule is Cc1ccc(-n2c(N3CCC(C(=O)N[C@@H]4CCOC4)CC3)nc3cc(Cl)c(C)cc32)cc1C. The molecular weight excluding hydrogens is 436 g/mol. The number of nitrogens with zero attached hydrogens (tertiary/aromatic N) is 3. The number of anilines is 1. The molecule has 0 aliphatic carbocycles. The van der Waals surface area contributed by atoms with Gasteiger partial charge in [-0.1, -0.05) is 17.7 Å². The molecule has 3 heterocycles. The fourth-order valence-corrected chi connectivity index (χ4v) is 4.99. The molecule has 3 aromatic rings. The van der Waals surface area contributed by atoms with E-state index < -0.39 is 0 Å². The van der Waals surface area contributed by atoms with Gasteiger partial charge in [-0.2, -0.15) is 0 Å². The monoisotopic (exact) mass is 466 g/mol. The maximum atomic E-state index is 12.8. The van der Waals surface area contributed by atoms with Crippen LogP contribution in [0.5, 0.6) is 0 Å². The molecule has 6 nitrogen and oxygen atoms in total. The molecule has 7 heteroatoms. The second-order valence-electron chi connectivity index (χ2n) is 9.44. The number of hydrogen-bond donors (Lipinski definition) is 1. The van der Waals surface area contributed by atoms with Crippen LogP contribution in [0.25, 0.3) is 16.7 Å². The molecule has 0 unspecified atom stereocenters. The van der Waals surface area contributed by atoms with Gasteiger partial charge in [-0.3, -0.25) is 9.36 Å². The molecule has 0 spiro atoms. The molecule has 174 valence electrons. The number of nitrogens with one attached hydrogen (secondary N) is 1. The summed E-state index contributed by atoms with van der Waals surface area (Å²) >= 11 is 6.43. The third-order valence-corrected chi connectivity index (χ3v) is 7.50. The lowest BCUT2D eigenvalue weighted by atomic mass is 9.95. The minimum Gasteiger partial charge on any atom is -0.379 e. The first-order valence-corrected chi connectivity index (χ1v) is 12.2. The van der Waals surface area contributed by atoms with Gasteiger partial charge >= 0.3 is 0 Å². The Balaban J connectivity index is 1.44. The molecule has 0 saturated carbocycles. The van der Waals surface area contributed by atoms with Crippen molar-refractivity contribution in [2.45, 2.75) is 46.1 Å². The standard InChI is InChI=1S/C26H31ClN4O2/c1-16-4-5-21(12-17(16)2)31-24-13-18(3)22(27)14-23(24)29-26(31)30-9-6-19(7-10-30)25(32)28-20-8-11-33-15-20/h4-5,12-14,19-20H,6-11,15H2,1-3H3,(H,28,32)/t20-/m1/s1. The van der Waals surface area contributed by atoms with Gasteiger partial charge in [0.2, 0.25) is 11.9 Å². The van der Waals surface area contributed by atoms with Crippen LogP contribution in [0.2, 0.25) is 5.02 Å². The maximum Gasteiger partial charge on any atom is 0.223 e. The second kappa shape index (κ2) is 8.99. The number of carbonyl (C=O) groups is 1. The molecule has 0 bridgehead atoms. The van der Waals surface area contributed by atoms with E-state index in [9.17, 15) is 4.79 Å². The minimum atomic E-state index is 0.0398. The lowest BCUT2D eigenvalue weighted by Crippen LogP contribution is -2.44. The van der Waals surface area contributed by atoms with Gasteiger partial charge in [0.15, 0.2) is 0 Å². The highest BCUT2D eigenvalue weighted by molar-refractivity contribution is 6.32. The van der Waals surface area contributed by atoms with Crippen LogP contribution in [0.1, 0.15) is 36.0 Å². The third kappa shape index (κ3) is 4.34. The third-order valence-electron chi connectivity index (χ3n) is 7.09. The summed E-state index contributed by atoms with van der Waals surface area (Å²) in [6, 6.07) is 10.8. The summed E-state index contributed by atoms with van der Waals surface area (Å²) in [4.78, 5) is 20.1. The number of imidazole rings is 1. The first-order chi connectivity index (χ1) is 15.9. The van der Waals surface area contributed by atoms with E-state index in [2.05, 4.69) is 52.9 Å². The molecule has 0 radical (unpaired) electrons. The van der Waals surface area contributed by atoms with E-state index in [-0.39, 0.29) is 17.9 Å². The molecule has 2 aliphatic rings. The number of ether oxygens (including phenoxy) is 1. The Morgan fingerprint density at radius 2 is 1.85 bits per heavy atom. The van der Waals surface area contributed by atoms with Crippen molar-refractivity contribution in [3.05, 3.63) is 52.0 Å². The Morgan fingerprint density at radius 1 is 1.06 bits per heavy atom. The van der Waals surface area contributed by atoms with Crippen LogP contribution in [0.3, 0.4) is 0 Å². The first-order valence-electron chi connectivity index (χ1n) is 11.8. The topological polar surface area (TPSA) is 59.4 Å². The average Bonchev–Trinajstić information content (AvgIpc) is 3.44. The van der Waals surface area contributed by atoms with Crippen molar-refractivity contribution >= 4 is 34.5 Å². The minimum absolute atomic E-state index is 0.0398. The highest BCUT2D eigenvalue weighted by Crippen LogP contribution is 2.33. The van der Waals surface area contributed by atoms with Gasteiger partial charge in [-0.05, 0) is 81.0 Å². The molecule has 2 aromatic carbocycles. The smallest absolute Gasteiger partial charge is 0.223 e. The van der Waals surface area contributed by atoms with Gasteiger partial charge in [-0.25, -0.2) is 4.98 Å². The van der Waals surface area contributed by atoms with Gasteiger partial charge in [0.1, 0.15) is 0 Å². The van der Waals surface area contributed by atoms with Gasteiger partial charge in [0, 0.05) is 36.3 Å². The quantitative estimate of drug-likeness (QED) is 0.604. The number of aromatic nitrogens is 2. The van der Waals surface area contributed by atoms with Crippen molar-refractivity contribution in [3.8, 4) is 5.69 Å². The zero-order valence-corrected chi connectivity index (χ0v) is 20.3. The van der Waals surface area contributed by atoms with E-state index in [1.54, 1.807) is 0 Å². The fraction of sp³-hybridized carbons (Fsp3) is 0.462. The van der Waals surface area contributed by atoms with E-state index in [1.165, 1.54) is 11.1 Å². The van der Waals surface area contributed by atoms with Gasteiger partial charge in [-0.15, -0.1) is 0 Å².